The summed E-state index contributed by atoms with van der Waals surface area (Å²) in [6.07, 6.45) is 1.70. The molecule has 0 saturated carbocycles. The van der Waals surface area contributed by atoms with Gasteiger partial charge in [0, 0.05) is 17.5 Å². The van der Waals surface area contributed by atoms with Crippen molar-refractivity contribution in [3.05, 3.63) is 46.8 Å². The molecule has 0 fully saturated rings. The number of amidine groups is 2. The molecule has 2 aliphatic rings. The van der Waals surface area contributed by atoms with Gasteiger partial charge < -0.3 is 14.0 Å². The Morgan fingerprint density at radius 2 is 1.90 bits per heavy atom. The van der Waals surface area contributed by atoms with Crippen LogP contribution in [-0.2, 0) is 4.79 Å². The number of thioether (sulfide) groups is 1. The molecule has 0 aliphatic carbocycles. The van der Waals surface area contributed by atoms with Gasteiger partial charge in [-0.25, -0.2) is 0 Å². The van der Waals surface area contributed by atoms with Crippen molar-refractivity contribution in [3.8, 4) is 17.2 Å². The third-order valence-corrected chi connectivity index (χ3v) is 5.78. The first-order valence-electron chi connectivity index (χ1n) is 9.22. The SMILES string of the molecule is COc1ccc(-n2c(C)cc(C=C3C(=N)N4N=C(C)SC4=NC3=O)c2C)c(OC)c1. The minimum Gasteiger partial charge on any atom is -0.497 e. The van der Waals surface area contributed by atoms with Crippen LogP contribution in [0.4, 0.5) is 0 Å². The summed E-state index contributed by atoms with van der Waals surface area (Å²) < 4.78 is 12.9. The van der Waals surface area contributed by atoms with Crippen molar-refractivity contribution in [1.29, 1.82) is 5.41 Å². The predicted octanol–water partition coefficient (Wildman–Crippen LogP) is 3.75. The number of hydrogen-bond donors (Lipinski definition) is 1. The molecule has 1 aromatic carbocycles. The zero-order valence-electron chi connectivity index (χ0n) is 17.3. The van der Waals surface area contributed by atoms with Crippen LogP contribution in [-0.4, -0.2) is 45.7 Å². The van der Waals surface area contributed by atoms with Gasteiger partial charge in [-0.05, 0) is 62.4 Å². The molecule has 0 atom stereocenters. The molecule has 0 saturated heterocycles. The van der Waals surface area contributed by atoms with Gasteiger partial charge in [0.15, 0.2) is 5.84 Å². The summed E-state index contributed by atoms with van der Waals surface area (Å²) >= 11 is 1.29. The van der Waals surface area contributed by atoms with Gasteiger partial charge in [-0.15, -0.1) is 0 Å². The number of ether oxygens (including phenoxy) is 2. The highest BCUT2D eigenvalue weighted by molar-refractivity contribution is 8.26. The van der Waals surface area contributed by atoms with Gasteiger partial charge in [-0.1, -0.05) is 0 Å². The Balaban J connectivity index is 1.79. The number of carbonyl (C=O) groups excluding carboxylic acids is 1. The van der Waals surface area contributed by atoms with Crippen molar-refractivity contribution in [1.82, 2.24) is 9.58 Å². The fourth-order valence-electron chi connectivity index (χ4n) is 3.52. The van der Waals surface area contributed by atoms with Gasteiger partial charge in [0.05, 0.1) is 30.5 Å². The van der Waals surface area contributed by atoms with Crippen molar-refractivity contribution in [3.63, 3.8) is 0 Å². The number of hydrazone groups is 1. The van der Waals surface area contributed by atoms with Crippen molar-refractivity contribution in [2.45, 2.75) is 20.8 Å². The van der Waals surface area contributed by atoms with Gasteiger partial charge in [0.2, 0.25) is 5.17 Å². The Labute approximate surface area is 178 Å². The molecule has 2 aromatic rings. The minimum atomic E-state index is -0.435. The zero-order chi connectivity index (χ0) is 21.6. The molecule has 0 bridgehead atoms. The number of hydrogen-bond acceptors (Lipinski definition) is 6. The summed E-state index contributed by atoms with van der Waals surface area (Å²) in [7, 11) is 3.23. The number of carbonyl (C=O) groups is 1. The average molecular weight is 423 g/mol. The molecular weight excluding hydrogens is 402 g/mol. The van der Waals surface area contributed by atoms with Crippen LogP contribution in [0.5, 0.6) is 11.5 Å². The number of rotatable bonds is 4. The molecule has 0 unspecified atom stereocenters. The van der Waals surface area contributed by atoms with Crippen LogP contribution >= 0.6 is 11.8 Å². The molecule has 3 heterocycles. The summed E-state index contributed by atoms with van der Waals surface area (Å²) in [6.45, 7) is 5.76. The second-order valence-electron chi connectivity index (χ2n) is 6.84. The van der Waals surface area contributed by atoms with E-state index in [1.54, 1.807) is 20.3 Å². The first-order chi connectivity index (χ1) is 14.3. The Bertz CT molecular complexity index is 1180. The lowest BCUT2D eigenvalue weighted by Crippen LogP contribution is -2.35. The van der Waals surface area contributed by atoms with Crippen molar-refractivity contribution >= 4 is 39.8 Å². The molecule has 154 valence electrons. The number of nitrogens with one attached hydrogen (secondary N) is 1. The first-order valence-corrected chi connectivity index (χ1v) is 10.0. The smallest absolute Gasteiger partial charge is 0.283 e. The van der Waals surface area contributed by atoms with Crippen LogP contribution in [0.2, 0.25) is 0 Å². The van der Waals surface area contributed by atoms with Crippen LogP contribution in [0.3, 0.4) is 0 Å². The molecule has 2 aliphatic heterocycles. The molecule has 0 spiro atoms. The number of methoxy groups -OCH3 is 2. The maximum atomic E-state index is 12.6. The van der Waals surface area contributed by atoms with E-state index in [9.17, 15) is 4.79 Å². The zero-order valence-corrected chi connectivity index (χ0v) is 18.1. The van der Waals surface area contributed by atoms with Gasteiger partial charge in [0.1, 0.15) is 11.5 Å². The molecule has 9 heteroatoms. The fourth-order valence-corrected chi connectivity index (χ4v) is 4.25. The van der Waals surface area contributed by atoms with Gasteiger partial charge in [0.25, 0.3) is 5.91 Å². The van der Waals surface area contributed by atoms with Crippen LogP contribution < -0.4 is 9.47 Å². The largest absolute Gasteiger partial charge is 0.497 e. The van der Waals surface area contributed by atoms with Crippen molar-refractivity contribution in [2.75, 3.05) is 14.2 Å². The lowest BCUT2D eigenvalue weighted by Gasteiger charge is -2.20. The van der Waals surface area contributed by atoms with E-state index in [0.29, 0.717) is 16.7 Å². The first kappa shape index (κ1) is 20.0. The highest BCUT2D eigenvalue weighted by Gasteiger charge is 2.34. The number of nitrogens with zero attached hydrogens (tertiary/aromatic N) is 4. The van der Waals surface area contributed by atoms with E-state index in [1.807, 2.05) is 49.6 Å². The number of aromatic nitrogens is 1. The number of aliphatic imine (C=N–C) groups is 1. The topological polar surface area (TPSA) is 92.3 Å². The summed E-state index contributed by atoms with van der Waals surface area (Å²) in [5.41, 5.74) is 3.77. The number of fused-ring (bicyclic) bond motifs is 1. The second-order valence-corrected chi connectivity index (χ2v) is 8.00. The third-order valence-electron chi connectivity index (χ3n) is 4.95. The maximum Gasteiger partial charge on any atom is 0.283 e. The summed E-state index contributed by atoms with van der Waals surface area (Å²) in [6, 6.07) is 7.60. The Morgan fingerprint density at radius 3 is 2.60 bits per heavy atom. The van der Waals surface area contributed by atoms with E-state index in [2.05, 4.69) is 10.1 Å². The third kappa shape index (κ3) is 3.21. The van der Waals surface area contributed by atoms with E-state index in [0.717, 1.165) is 27.7 Å². The van der Waals surface area contributed by atoms with Gasteiger partial charge in [-0.3, -0.25) is 10.2 Å². The maximum absolute atomic E-state index is 12.6. The van der Waals surface area contributed by atoms with Crippen molar-refractivity contribution < 1.29 is 14.3 Å². The molecule has 1 amide bonds. The summed E-state index contributed by atoms with van der Waals surface area (Å²) in [5.74, 6) is 0.969. The Hall–Kier alpha value is -3.33. The number of benzene rings is 1. The predicted molar refractivity (Wildman–Crippen MR) is 119 cm³/mol. The second kappa shape index (κ2) is 7.49. The molecular formula is C21H21N5O3S. The molecule has 8 nitrogen and oxygen atoms in total. The number of amides is 1. The minimum absolute atomic E-state index is 0.0289. The lowest BCUT2D eigenvalue weighted by atomic mass is 10.1. The highest BCUT2D eigenvalue weighted by atomic mass is 32.2. The fraction of sp³-hybridized carbons (Fsp3) is 0.238. The van der Waals surface area contributed by atoms with E-state index in [1.165, 1.54) is 16.8 Å². The lowest BCUT2D eigenvalue weighted by molar-refractivity contribution is -0.114. The van der Waals surface area contributed by atoms with E-state index in [4.69, 9.17) is 14.9 Å². The molecule has 1 aromatic heterocycles. The van der Waals surface area contributed by atoms with Gasteiger partial charge >= 0.3 is 0 Å². The molecule has 30 heavy (non-hydrogen) atoms. The number of aryl methyl sites for hydroxylation is 1. The molecule has 0 radical (unpaired) electrons. The molecule has 1 N–H and O–H groups in total. The monoisotopic (exact) mass is 423 g/mol. The van der Waals surface area contributed by atoms with Crippen LogP contribution in [0.15, 0.2) is 39.9 Å². The van der Waals surface area contributed by atoms with E-state index >= 15 is 0 Å². The average Bonchev–Trinajstić information content (AvgIpc) is 3.23. The standard InChI is InChI=1S/C21H21N5O3S/c1-11-8-14(9-16-19(22)26-21(23-20(16)27)30-13(3)24-26)12(2)25(11)17-7-6-15(28-4)10-18(17)29-5/h6-10,22H,1-5H3. The van der Waals surface area contributed by atoms with Crippen LogP contribution in [0.25, 0.3) is 11.8 Å². The summed E-state index contributed by atoms with van der Waals surface area (Å²) in [4.78, 5) is 16.7. The van der Waals surface area contributed by atoms with Gasteiger partial charge in [-0.2, -0.15) is 15.1 Å². The quantitative estimate of drug-likeness (QED) is 0.756. The van der Waals surface area contributed by atoms with E-state index in [-0.39, 0.29) is 11.4 Å². The molecule has 4 rings (SSSR count). The van der Waals surface area contributed by atoms with Crippen molar-refractivity contribution in [2.24, 2.45) is 10.1 Å². The van der Waals surface area contributed by atoms with Crippen LogP contribution in [0, 0.1) is 19.3 Å². The Morgan fingerprint density at radius 1 is 1.13 bits per heavy atom. The van der Waals surface area contributed by atoms with Crippen LogP contribution in [0.1, 0.15) is 23.9 Å². The summed E-state index contributed by atoms with van der Waals surface area (Å²) in [5, 5.41) is 15.3. The Kier molecular flexibility index (Phi) is 4.98. The normalized spacial score (nSPS) is 17.2. The van der Waals surface area contributed by atoms with E-state index < -0.39 is 5.91 Å². The highest BCUT2D eigenvalue weighted by Crippen LogP contribution is 2.33.